The predicted octanol–water partition coefficient (Wildman–Crippen LogP) is 6.20. The summed E-state index contributed by atoms with van der Waals surface area (Å²) < 4.78 is 0. The summed E-state index contributed by atoms with van der Waals surface area (Å²) in [6.45, 7) is 4.10. The standard InChI is InChI=1S/C36H36N6O/c1-37-36(43)28-16-17-30-31(22-28)39-35(34(38-30)26-8-4-3-5-9-26)27-14-12-25(13-15-27)23-41-20-18-29(19-21-41)42-24-40(2)32-10-6-7-11-33(32)42/h3-17,22,29H,18-21,23-24H2,1-2H3,(H,37,43). The maximum absolute atomic E-state index is 12.3. The third-order valence-corrected chi connectivity index (χ3v) is 8.80. The van der Waals surface area contributed by atoms with Crippen molar-refractivity contribution in [1.82, 2.24) is 20.2 Å². The van der Waals surface area contributed by atoms with Gasteiger partial charge in [-0.05, 0) is 48.7 Å². The number of likely N-dealkylation sites (tertiary alicyclic amines) is 1. The van der Waals surface area contributed by atoms with Crippen molar-refractivity contribution in [3.63, 3.8) is 0 Å². The second kappa shape index (κ2) is 11.5. The topological polar surface area (TPSA) is 64.6 Å². The van der Waals surface area contributed by atoms with Gasteiger partial charge in [-0.1, -0.05) is 66.7 Å². The molecule has 7 rings (SSSR count). The zero-order valence-electron chi connectivity index (χ0n) is 24.7. The molecule has 0 unspecified atom stereocenters. The van der Waals surface area contributed by atoms with Crippen LogP contribution in [-0.2, 0) is 6.54 Å². The van der Waals surface area contributed by atoms with Crippen LogP contribution in [0.25, 0.3) is 33.5 Å². The zero-order valence-corrected chi connectivity index (χ0v) is 24.7. The first-order valence-corrected chi connectivity index (χ1v) is 15.0. The smallest absolute Gasteiger partial charge is 0.251 e. The minimum Gasteiger partial charge on any atom is -0.355 e. The van der Waals surface area contributed by atoms with E-state index in [-0.39, 0.29) is 5.91 Å². The Bertz CT molecular complexity index is 1760. The van der Waals surface area contributed by atoms with Crippen LogP contribution < -0.4 is 15.1 Å². The van der Waals surface area contributed by atoms with Gasteiger partial charge in [-0.25, -0.2) is 9.97 Å². The fourth-order valence-electron chi connectivity index (χ4n) is 6.48. The molecule has 7 nitrogen and oxygen atoms in total. The number of rotatable bonds is 6. The summed E-state index contributed by atoms with van der Waals surface area (Å²) in [6.07, 6.45) is 2.34. The number of carbonyl (C=O) groups is 1. The molecule has 3 heterocycles. The molecule has 0 radical (unpaired) electrons. The minimum absolute atomic E-state index is 0.136. The number of fused-ring (bicyclic) bond motifs is 2. The highest BCUT2D eigenvalue weighted by atomic mass is 16.1. The summed E-state index contributed by atoms with van der Waals surface area (Å²) >= 11 is 0. The van der Waals surface area contributed by atoms with Crippen molar-refractivity contribution >= 4 is 28.3 Å². The summed E-state index contributed by atoms with van der Waals surface area (Å²) in [5, 5.41) is 2.70. The van der Waals surface area contributed by atoms with Crippen LogP contribution in [0.2, 0.25) is 0 Å². The summed E-state index contributed by atoms with van der Waals surface area (Å²) in [5.41, 5.74) is 9.72. The average molecular weight is 569 g/mol. The van der Waals surface area contributed by atoms with Crippen molar-refractivity contribution in [3.8, 4) is 22.5 Å². The van der Waals surface area contributed by atoms with Gasteiger partial charge in [-0.3, -0.25) is 9.69 Å². The number of hydrogen-bond acceptors (Lipinski definition) is 6. The van der Waals surface area contributed by atoms with Gasteiger partial charge in [0, 0.05) is 56.5 Å². The molecule has 0 bridgehead atoms. The lowest BCUT2D eigenvalue weighted by molar-refractivity contribution is 0.0963. The van der Waals surface area contributed by atoms with Gasteiger partial charge in [0.1, 0.15) is 0 Å². The number of piperidine rings is 1. The van der Waals surface area contributed by atoms with E-state index in [0.717, 1.165) is 54.3 Å². The third-order valence-electron chi connectivity index (χ3n) is 8.80. The molecular formula is C36H36N6O. The van der Waals surface area contributed by atoms with Crippen LogP contribution in [0.3, 0.4) is 0 Å². The molecule has 1 saturated heterocycles. The first kappa shape index (κ1) is 27.1. The molecule has 43 heavy (non-hydrogen) atoms. The molecule has 0 saturated carbocycles. The van der Waals surface area contributed by atoms with Crippen LogP contribution in [0.4, 0.5) is 11.4 Å². The van der Waals surface area contributed by atoms with Crippen molar-refractivity contribution in [2.75, 3.05) is 43.7 Å². The Morgan fingerprint density at radius 3 is 2.16 bits per heavy atom. The van der Waals surface area contributed by atoms with Gasteiger partial charge in [0.15, 0.2) is 0 Å². The second-order valence-corrected chi connectivity index (χ2v) is 11.6. The Morgan fingerprint density at radius 1 is 0.791 bits per heavy atom. The number of para-hydroxylation sites is 2. The number of benzene rings is 4. The van der Waals surface area contributed by atoms with Crippen LogP contribution in [0.15, 0.2) is 97.1 Å². The van der Waals surface area contributed by atoms with E-state index < -0.39 is 0 Å². The van der Waals surface area contributed by atoms with Crippen molar-refractivity contribution in [2.45, 2.75) is 25.4 Å². The number of aromatic nitrogens is 2. The monoisotopic (exact) mass is 568 g/mol. The fraction of sp³-hybridized carbons (Fsp3) is 0.250. The average Bonchev–Trinajstić information content (AvgIpc) is 3.41. The first-order valence-electron chi connectivity index (χ1n) is 15.0. The lowest BCUT2D eigenvalue weighted by atomic mass is 10.0. The van der Waals surface area contributed by atoms with Gasteiger partial charge in [0.05, 0.1) is 40.5 Å². The van der Waals surface area contributed by atoms with Crippen molar-refractivity contribution in [1.29, 1.82) is 0 Å². The van der Waals surface area contributed by atoms with E-state index in [9.17, 15) is 4.79 Å². The van der Waals surface area contributed by atoms with E-state index in [1.54, 1.807) is 13.1 Å². The van der Waals surface area contributed by atoms with Crippen LogP contribution >= 0.6 is 0 Å². The minimum atomic E-state index is -0.136. The number of amides is 1. The van der Waals surface area contributed by atoms with Crippen molar-refractivity contribution in [2.24, 2.45) is 0 Å². The van der Waals surface area contributed by atoms with E-state index in [1.165, 1.54) is 29.8 Å². The molecule has 4 aromatic carbocycles. The van der Waals surface area contributed by atoms with E-state index in [4.69, 9.17) is 9.97 Å². The van der Waals surface area contributed by atoms with Gasteiger partial charge < -0.3 is 15.1 Å². The number of hydrogen-bond donors (Lipinski definition) is 1. The van der Waals surface area contributed by atoms with E-state index >= 15 is 0 Å². The first-order chi connectivity index (χ1) is 21.1. The highest BCUT2D eigenvalue weighted by Gasteiger charge is 2.31. The molecule has 216 valence electrons. The van der Waals surface area contributed by atoms with Gasteiger partial charge >= 0.3 is 0 Å². The molecule has 0 spiro atoms. The van der Waals surface area contributed by atoms with E-state index in [2.05, 4.69) is 87.7 Å². The Morgan fingerprint density at radius 2 is 1.44 bits per heavy atom. The second-order valence-electron chi connectivity index (χ2n) is 11.6. The van der Waals surface area contributed by atoms with Crippen LogP contribution in [0.1, 0.15) is 28.8 Å². The lowest BCUT2D eigenvalue weighted by Crippen LogP contribution is -2.45. The van der Waals surface area contributed by atoms with Crippen molar-refractivity contribution in [3.05, 3.63) is 108 Å². The number of nitrogens with one attached hydrogen (secondary N) is 1. The number of anilines is 2. The SMILES string of the molecule is CNC(=O)c1ccc2nc(-c3ccccc3)c(-c3ccc(CN4CCC(N5CN(C)c6ccccc65)CC4)cc3)nc2c1. The van der Waals surface area contributed by atoms with Gasteiger partial charge in [0.2, 0.25) is 0 Å². The Hall–Kier alpha value is -4.75. The maximum Gasteiger partial charge on any atom is 0.251 e. The van der Waals surface area contributed by atoms with Gasteiger partial charge in [0.25, 0.3) is 5.91 Å². The van der Waals surface area contributed by atoms with Crippen molar-refractivity contribution < 1.29 is 4.79 Å². The zero-order chi connectivity index (χ0) is 29.3. The molecule has 1 fully saturated rings. The molecule has 5 aromatic rings. The largest absolute Gasteiger partial charge is 0.355 e. The highest BCUT2D eigenvalue weighted by Crippen LogP contribution is 2.38. The molecule has 0 aliphatic carbocycles. The fourth-order valence-corrected chi connectivity index (χ4v) is 6.48. The summed E-state index contributed by atoms with van der Waals surface area (Å²) in [5.74, 6) is -0.136. The normalized spacial score (nSPS) is 15.6. The van der Waals surface area contributed by atoms with E-state index in [1.807, 2.05) is 30.3 Å². The Kier molecular flexibility index (Phi) is 7.25. The number of carbonyl (C=O) groups excluding carboxylic acids is 1. The van der Waals surface area contributed by atoms with Crippen LogP contribution in [-0.4, -0.2) is 60.7 Å². The number of nitrogens with zero attached hydrogens (tertiary/aromatic N) is 5. The molecule has 2 aliphatic heterocycles. The third kappa shape index (κ3) is 5.32. The highest BCUT2D eigenvalue weighted by molar-refractivity contribution is 5.98. The summed E-state index contributed by atoms with van der Waals surface area (Å²) in [7, 11) is 3.82. The maximum atomic E-state index is 12.3. The lowest BCUT2D eigenvalue weighted by Gasteiger charge is -2.38. The van der Waals surface area contributed by atoms with Crippen LogP contribution in [0.5, 0.6) is 0 Å². The van der Waals surface area contributed by atoms with Crippen LogP contribution in [0, 0.1) is 0 Å². The summed E-state index contributed by atoms with van der Waals surface area (Å²) in [4.78, 5) is 29.9. The molecule has 1 N–H and O–H groups in total. The Labute approximate surface area is 252 Å². The van der Waals surface area contributed by atoms with E-state index in [0.29, 0.717) is 17.1 Å². The molecule has 7 heteroatoms. The van der Waals surface area contributed by atoms with Gasteiger partial charge in [-0.15, -0.1) is 0 Å². The molecule has 1 amide bonds. The molecule has 0 atom stereocenters. The molecule has 1 aromatic heterocycles. The molecule has 2 aliphatic rings. The van der Waals surface area contributed by atoms with Gasteiger partial charge in [-0.2, -0.15) is 0 Å². The Balaban J connectivity index is 1.10. The predicted molar refractivity (Wildman–Crippen MR) is 174 cm³/mol. The quantitative estimate of drug-likeness (QED) is 0.263. The summed E-state index contributed by atoms with van der Waals surface area (Å²) in [6, 6.07) is 33.8. The molecular weight excluding hydrogens is 532 g/mol.